The molecular formula is C13H25NO3. The van der Waals surface area contributed by atoms with E-state index in [1.807, 2.05) is 0 Å². The fourth-order valence-electron chi connectivity index (χ4n) is 1.45. The first-order valence-corrected chi connectivity index (χ1v) is 6.14. The molecule has 0 aliphatic carbocycles. The lowest BCUT2D eigenvalue weighted by atomic mass is 9.89. The third kappa shape index (κ3) is 6.29. The zero-order valence-corrected chi connectivity index (χ0v) is 11.6. The van der Waals surface area contributed by atoms with Crippen molar-refractivity contribution in [2.75, 3.05) is 13.6 Å². The SMILES string of the molecule is CC(C)CCCN(C)C(=O)CC(C)(C)C(=O)O. The lowest BCUT2D eigenvalue weighted by molar-refractivity contribution is -0.151. The molecule has 0 saturated carbocycles. The van der Waals surface area contributed by atoms with Crippen molar-refractivity contribution in [2.45, 2.75) is 47.0 Å². The maximum atomic E-state index is 11.8. The minimum absolute atomic E-state index is 0.0561. The van der Waals surface area contributed by atoms with Gasteiger partial charge in [-0.25, -0.2) is 0 Å². The number of rotatable bonds is 7. The maximum absolute atomic E-state index is 11.8. The Morgan fingerprint density at radius 2 is 1.82 bits per heavy atom. The van der Waals surface area contributed by atoms with Crippen LogP contribution in [-0.2, 0) is 9.59 Å². The number of carboxylic acid groups (broad SMARTS) is 1. The van der Waals surface area contributed by atoms with Crippen molar-refractivity contribution < 1.29 is 14.7 Å². The van der Waals surface area contributed by atoms with Gasteiger partial charge in [-0.3, -0.25) is 9.59 Å². The largest absolute Gasteiger partial charge is 0.481 e. The molecular weight excluding hydrogens is 218 g/mol. The fourth-order valence-corrected chi connectivity index (χ4v) is 1.45. The lowest BCUT2D eigenvalue weighted by Crippen LogP contribution is -2.35. The highest BCUT2D eigenvalue weighted by Gasteiger charge is 2.31. The van der Waals surface area contributed by atoms with Crippen LogP contribution in [0.2, 0.25) is 0 Å². The zero-order valence-electron chi connectivity index (χ0n) is 11.6. The minimum Gasteiger partial charge on any atom is -0.481 e. The highest BCUT2D eigenvalue weighted by atomic mass is 16.4. The van der Waals surface area contributed by atoms with Crippen LogP contribution in [-0.4, -0.2) is 35.5 Å². The van der Waals surface area contributed by atoms with Crippen molar-refractivity contribution in [3.05, 3.63) is 0 Å². The quantitative estimate of drug-likeness (QED) is 0.747. The van der Waals surface area contributed by atoms with Gasteiger partial charge < -0.3 is 10.0 Å². The summed E-state index contributed by atoms with van der Waals surface area (Å²) in [5, 5.41) is 8.95. The van der Waals surface area contributed by atoms with E-state index >= 15 is 0 Å². The van der Waals surface area contributed by atoms with Gasteiger partial charge in [-0.1, -0.05) is 13.8 Å². The topological polar surface area (TPSA) is 57.6 Å². The van der Waals surface area contributed by atoms with E-state index in [0.29, 0.717) is 12.5 Å². The number of carbonyl (C=O) groups is 2. The summed E-state index contributed by atoms with van der Waals surface area (Å²) in [5.41, 5.74) is -0.983. The van der Waals surface area contributed by atoms with E-state index in [9.17, 15) is 9.59 Å². The van der Waals surface area contributed by atoms with Gasteiger partial charge in [0.25, 0.3) is 0 Å². The van der Waals surface area contributed by atoms with Crippen LogP contribution in [0.5, 0.6) is 0 Å². The first kappa shape index (κ1) is 15.9. The summed E-state index contributed by atoms with van der Waals surface area (Å²) in [4.78, 5) is 24.3. The predicted molar refractivity (Wildman–Crippen MR) is 67.7 cm³/mol. The number of hydrogen-bond acceptors (Lipinski definition) is 2. The molecule has 0 atom stereocenters. The second-order valence-electron chi connectivity index (χ2n) is 5.72. The Labute approximate surface area is 104 Å². The van der Waals surface area contributed by atoms with Gasteiger partial charge in [-0.15, -0.1) is 0 Å². The molecule has 1 amide bonds. The molecule has 100 valence electrons. The van der Waals surface area contributed by atoms with Gasteiger partial charge in [0.2, 0.25) is 5.91 Å². The van der Waals surface area contributed by atoms with Crippen LogP contribution in [0.15, 0.2) is 0 Å². The molecule has 0 spiro atoms. The Morgan fingerprint density at radius 1 is 1.29 bits per heavy atom. The molecule has 0 radical (unpaired) electrons. The normalized spacial score (nSPS) is 11.6. The summed E-state index contributed by atoms with van der Waals surface area (Å²) < 4.78 is 0. The summed E-state index contributed by atoms with van der Waals surface area (Å²) in [6, 6.07) is 0. The maximum Gasteiger partial charge on any atom is 0.309 e. The summed E-state index contributed by atoms with van der Waals surface area (Å²) in [7, 11) is 1.74. The van der Waals surface area contributed by atoms with Crippen molar-refractivity contribution in [2.24, 2.45) is 11.3 Å². The Bertz CT molecular complexity index is 272. The molecule has 0 heterocycles. The molecule has 4 nitrogen and oxygen atoms in total. The molecule has 0 aromatic rings. The molecule has 0 aliphatic rings. The van der Waals surface area contributed by atoms with Crippen LogP contribution in [0.1, 0.15) is 47.0 Å². The molecule has 0 fully saturated rings. The zero-order chi connectivity index (χ0) is 13.6. The number of aliphatic carboxylic acids is 1. The summed E-state index contributed by atoms with van der Waals surface area (Å²) in [6.45, 7) is 8.15. The average Bonchev–Trinajstić information content (AvgIpc) is 2.15. The second kappa shape index (κ2) is 6.62. The van der Waals surface area contributed by atoms with Gasteiger partial charge >= 0.3 is 5.97 Å². The Morgan fingerprint density at radius 3 is 2.24 bits per heavy atom. The Hall–Kier alpha value is -1.06. The van der Waals surface area contributed by atoms with E-state index in [4.69, 9.17) is 5.11 Å². The van der Waals surface area contributed by atoms with Crippen LogP contribution in [0.4, 0.5) is 0 Å². The van der Waals surface area contributed by atoms with Crippen LogP contribution in [0, 0.1) is 11.3 Å². The summed E-state index contributed by atoms with van der Waals surface area (Å²) in [6.07, 6.45) is 2.11. The van der Waals surface area contributed by atoms with Gasteiger partial charge in [-0.2, -0.15) is 0 Å². The Balaban J connectivity index is 4.10. The molecule has 0 aliphatic heterocycles. The van der Waals surface area contributed by atoms with Crippen molar-refractivity contribution in [3.63, 3.8) is 0 Å². The molecule has 0 saturated heterocycles. The van der Waals surface area contributed by atoms with Crippen LogP contribution in [0.25, 0.3) is 0 Å². The van der Waals surface area contributed by atoms with Gasteiger partial charge in [0.05, 0.1) is 5.41 Å². The second-order valence-corrected chi connectivity index (χ2v) is 5.72. The Kier molecular flexibility index (Phi) is 6.21. The van der Waals surface area contributed by atoms with Crippen molar-refractivity contribution >= 4 is 11.9 Å². The van der Waals surface area contributed by atoms with E-state index in [1.54, 1.807) is 25.8 Å². The molecule has 1 N–H and O–H groups in total. The van der Waals surface area contributed by atoms with E-state index in [0.717, 1.165) is 12.8 Å². The third-order valence-electron chi connectivity index (χ3n) is 2.87. The molecule has 17 heavy (non-hydrogen) atoms. The van der Waals surface area contributed by atoms with Crippen LogP contribution in [0.3, 0.4) is 0 Å². The van der Waals surface area contributed by atoms with Gasteiger partial charge in [0.15, 0.2) is 0 Å². The van der Waals surface area contributed by atoms with E-state index in [-0.39, 0.29) is 12.3 Å². The molecule has 0 rings (SSSR count). The number of hydrogen-bond donors (Lipinski definition) is 1. The van der Waals surface area contributed by atoms with Crippen LogP contribution >= 0.6 is 0 Å². The first-order chi connectivity index (χ1) is 7.66. The third-order valence-corrected chi connectivity index (χ3v) is 2.87. The van der Waals surface area contributed by atoms with Crippen LogP contribution < -0.4 is 0 Å². The number of carboxylic acids is 1. The summed E-state index contributed by atoms with van der Waals surface area (Å²) in [5.74, 6) is -0.392. The molecule has 0 aromatic carbocycles. The smallest absolute Gasteiger partial charge is 0.309 e. The van der Waals surface area contributed by atoms with Crippen molar-refractivity contribution in [3.8, 4) is 0 Å². The fraction of sp³-hybridized carbons (Fsp3) is 0.846. The van der Waals surface area contributed by atoms with E-state index < -0.39 is 11.4 Å². The number of carbonyl (C=O) groups excluding carboxylic acids is 1. The lowest BCUT2D eigenvalue weighted by Gasteiger charge is -2.23. The average molecular weight is 243 g/mol. The standard InChI is InChI=1S/C13H25NO3/c1-10(2)7-6-8-14(5)11(15)9-13(3,4)12(16)17/h10H,6-9H2,1-5H3,(H,16,17). The first-order valence-electron chi connectivity index (χ1n) is 6.14. The molecule has 0 unspecified atom stereocenters. The monoisotopic (exact) mass is 243 g/mol. The molecule has 0 aromatic heterocycles. The number of amides is 1. The van der Waals surface area contributed by atoms with Gasteiger partial charge in [0, 0.05) is 20.0 Å². The van der Waals surface area contributed by atoms with Gasteiger partial charge in [-0.05, 0) is 32.6 Å². The molecule has 4 heteroatoms. The number of nitrogens with zero attached hydrogens (tertiary/aromatic N) is 1. The van der Waals surface area contributed by atoms with Crippen molar-refractivity contribution in [1.82, 2.24) is 4.90 Å². The van der Waals surface area contributed by atoms with E-state index in [1.165, 1.54) is 0 Å². The van der Waals surface area contributed by atoms with Crippen molar-refractivity contribution in [1.29, 1.82) is 0 Å². The minimum atomic E-state index is -0.983. The highest BCUT2D eigenvalue weighted by Crippen LogP contribution is 2.21. The summed E-state index contributed by atoms with van der Waals surface area (Å²) >= 11 is 0. The predicted octanol–water partition coefficient (Wildman–Crippen LogP) is 2.38. The molecule has 0 bridgehead atoms. The van der Waals surface area contributed by atoms with E-state index in [2.05, 4.69) is 13.8 Å². The highest BCUT2D eigenvalue weighted by molar-refractivity contribution is 5.84. The van der Waals surface area contributed by atoms with Gasteiger partial charge in [0.1, 0.15) is 0 Å².